The minimum absolute atomic E-state index is 0.0195. The fourth-order valence-corrected chi connectivity index (χ4v) is 4.39. The van der Waals surface area contributed by atoms with Gasteiger partial charge in [-0.2, -0.15) is 13.2 Å². The highest BCUT2D eigenvalue weighted by Crippen LogP contribution is 2.40. The molecule has 0 aromatic carbocycles. The molecular weight excluding hydrogens is 363 g/mol. The summed E-state index contributed by atoms with van der Waals surface area (Å²) in [6.45, 7) is 3.95. The normalized spacial score (nSPS) is 19.3. The summed E-state index contributed by atoms with van der Waals surface area (Å²) < 4.78 is 45.8. The van der Waals surface area contributed by atoms with E-state index in [2.05, 4.69) is 21.1 Å². The first-order valence-electron chi connectivity index (χ1n) is 8.50. The van der Waals surface area contributed by atoms with E-state index < -0.39 is 11.7 Å². The highest BCUT2D eigenvalue weighted by molar-refractivity contribution is 7.09. The van der Waals surface area contributed by atoms with Gasteiger partial charge in [-0.15, -0.1) is 11.3 Å². The van der Waals surface area contributed by atoms with Gasteiger partial charge in [-0.05, 0) is 43.8 Å². The lowest BCUT2D eigenvalue weighted by Gasteiger charge is -2.31. The first kappa shape index (κ1) is 17.5. The molecule has 138 valence electrons. The molecule has 0 amide bonds. The number of hydrogen-bond acceptors (Lipinski definition) is 5. The summed E-state index contributed by atoms with van der Waals surface area (Å²) in [5.41, 5.74) is -0.0690. The molecule has 0 spiro atoms. The molecule has 0 bridgehead atoms. The van der Waals surface area contributed by atoms with Crippen molar-refractivity contribution in [2.24, 2.45) is 0 Å². The van der Waals surface area contributed by atoms with E-state index in [0.29, 0.717) is 12.2 Å². The van der Waals surface area contributed by atoms with Crippen molar-refractivity contribution in [1.29, 1.82) is 0 Å². The molecule has 3 aromatic rings. The monoisotopic (exact) mass is 381 g/mol. The van der Waals surface area contributed by atoms with Gasteiger partial charge in [0, 0.05) is 29.6 Å². The van der Waals surface area contributed by atoms with Crippen molar-refractivity contribution >= 4 is 22.4 Å². The molecule has 1 atom stereocenters. The summed E-state index contributed by atoms with van der Waals surface area (Å²) in [7, 11) is 0. The van der Waals surface area contributed by atoms with Crippen LogP contribution in [0.4, 0.5) is 13.2 Å². The summed E-state index contributed by atoms with van der Waals surface area (Å²) in [6, 6.07) is 5.17. The van der Waals surface area contributed by atoms with Crippen LogP contribution < -0.4 is 0 Å². The molecule has 0 saturated carbocycles. The Hall–Kier alpha value is -1.93. The molecule has 0 aliphatic carbocycles. The van der Waals surface area contributed by atoms with Gasteiger partial charge in [0.25, 0.3) is 5.71 Å². The van der Waals surface area contributed by atoms with Crippen LogP contribution in [0.3, 0.4) is 0 Å². The Morgan fingerprint density at radius 2 is 2.23 bits per heavy atom. The standard InChI is InChI=1S/C18H18F3N3OS/c1-11-8-14(18(19,20)21)15-16(23-25-17(15)22-11)12-4-2-6-24(9-12)10-13-5-3-7-26-13/h3,5,7-8,12H,2,4,6,9-10H2,1H3. The number of pyridine rings is 1. The van der Waals surface area contributed by atoms with Crippen LogP contribution in [0.5, 0.6) is 0 Å². The Morgan fingerprint density at radius 3 is 2.96 bits per heavy atom. The Balaban J connectivity index is 1.68. The SMILES string of the molecule is Cc1cc(C(F)(F)F)c2c(C3CCCN(Cc4cccs4)C3)noc2n1. The molecular formula is C18H18F3N3OS. The second kappa shape index (κ2) is 6.66. The third-order valence-electron chi connectivity index (χ3n) is 4.76. The number of aromatic nitrogens is 2. The topological polar surface area (TPSA) is 42.2 Å². The Labute approximate surface area is 152 Å². The number of hydrogen-bond donors (Lipinski definition) is 0. The third kappa shape index (κ3) is 3.35. The molecule has 1 unspecified atom stereocenters. The summed E-state index contributed by atoms with van der Waals surface area (Å²) >= 11 is 1.69. The second-order valence-corrected chi connectivity index (χ2v) is 7.74. The Morgan fingerprint density at radius 1 is 1.38 bits per heavy atom. The molecule has 4 heterocycles. The van der Waals surface area contributed by atoms with Gasteiger partial charge >= 0.3 is 6.18 Å². The van der Waals surface area contributed by atoms with Crippen LogP contribution in [0.25, 0.3) is 11.1 Å². The van der Waals surface area contributed by atoms with E-state index in [1.54, 1.807) is 11.3 Å². The van der Waals surface area contributed by atoms with E-state index in [-0.39, 0.29) is 22.7 Å². The van der Waals surface area contributed by atoms with E-state index in [9.17, 15) is 13.2 Å². The predicted molar refractivity (Wildman–Crippen MR) is 93.1 cm³/mol. The largest absolute Gasteiger partial charge is 0.417 e. The van der Waals surface area contributed by atoms with Crippen LogP contribution in [0.15, 0.2) is 28.1 Å². The number of nitrogens with zero attached hydrogens (tertiary/aromatic N) is 3. The van der Waals surface area contributed by atoms with E-state index in [1.807, 2.05) is 11.4 Å². The predicted octanol–water partition coefficient (Wildman–Crippen LogP) is 4.99. The summed E-state index contributed by atoms with van der Waals surface area (Å²) in [5, 5.41) is 6.06. The van der Waals surface area contributed by atoms with E-state index >= 15 is 0 Å². The van der Waals surface area contributed by atoms with Gasteiger partial charge in [0.2, 0.25) is 0 Å². The molecule has 4 nitrogen and oxygen atoms in total. The number of likely N-dealkylation sites (tertiary alicyclic amines) is 1. The zero-order chi connectivity index (χ0) is 18.3. The van der Waals surface area contributed by atoms with Gasteiger partial charge in [-0.3, -0.25) is 4.90 Å². The van der Waals surface area contributed by atoms with Crippen LogP contribution in [-0.2, 0) is 12.7 Å². The maximum absolute atomic E-state index is 13.5. The van der Waals surface area contributed by atoms with Crippen LogP contribution in [0, 0.1) is 6.92 Å². The molecule has 4 rings (SSSR count). The van der Waals surface area contributed by atoms with Crippen LogP contribution in [0.2, 0.25) is 0 Å². The molecule has 1 aliphatic heterocycles. The highest BCUT2D eigenvalue weighted by atomic mass is 32.1. The average molecular weight is 381 g/mol. The van der Waals surface area contributed by atoms with Crippen molar-refractivity contribution in [3.8, 4) is 0 Å². The van der Waals surface area contributed by atoms with Crippen LogP contribution in [-0.4, -0.2) is 28.1 Å². The molecule has 26 heavy (non-hydrogen) atoms. The van der Waals surface area contributed by atoms with Gasteiger partial charge in [-0.1, -0.05) is 11.2 Å². The van der Waals surface area contributed by atoms with E-state index in [4.69, 9.17) is 4.52 Å². The van der Waals surface area contributed by atoms with Crippen molar-refractivity contribution in [2.45, 2.75) is 38.4 Å². The summed E-state index contributed by atoms with van der Waals surface area (Å²) in [4.78, 5) is 7.63. The van der Waals surface area contributed by atoms with E-state index in [0.717, 1.165) is 32.0 Å². The van der Waals surface area contributed by atoms with Crippen molar-refractivity contribution < 1.29 is 17.7 Å². The molecule has 0 N–H and O–H groups in total. The molecule has 8 heteroatoms. The lowest BCUT2D eigenvalue weighted by atomic mass is 9.91. The highest BCUT2D eigenvalue weighted by Gasteiger charge is 2.37. The van der Waals surface area contributed by atoms with Crippen molar-refractivity contribution in [2.75, 3.05) is 13.1 Å². The first-order chi connectivity index (χ1) is 12.4. The molecule has 1 saturated heterocycles. The number of piperidine rings is 1. The quantitative estimate of drug-likeness (QED) is 0.641. The fraction of sp³-hybridized carbons (Fsp3) is 0.444. The fourth-order valence-electron chi connectivity index (χ4n) is 3.64. The molecule has 1 fully saturated rings. The summed E-state index contributed by atoms with van der Waals surface area (Å²) in [5.74, 6) is -0.0874. The lowest BCUT2D eigenvalue weighted by Crippen LogP contribution is -2.33. The van der Waals surface area contributed by atoms with Gasteiger partial charge < -0.3 is 4.52 Å². The lowest BCUT2D eigenvalue weighted by molar-refractivity contribution is -0.136. The Kier molecular flexibility index (Phi) is 4.48. The number of alkyl halides is 3. The zero-order valence-corrected chi connectivity index (χ0v) is 15.0. The smallest absolute Gasteiger partial charge is 0.336 e. The van der Waals surface area contributed by atoms with Crippen LogP contribution in [0.1, 0.15) is 40.6 Å². The number of aryl methyl sites for hydroxylation is 1. The molecule has 3 aromatic heterocycles. The Bertz CT molecular complexity index is 904. The molecule has 1 aliphatic rings. The summed E-state index contributed by atoms with van der Waals surface area (Å²) in [6.07, 6.45) is -2.74. The number of thiophene rings is 1. The van der Waals surface area contributed by atoms with E-state index in [1.165, 1.54) is 11.8 Å². The minimum Gasteiger partial charge on any atom is -0.336 e. The maximum atomic E-state index is 13.5. The van der Waals surface area contributed by atoms with Gasteiger partial charge in [0.15, 0.2) is 0 Å². The van der Waals surface area contributed by atoms with Crippen molar-refractivity contribution in [1.82, 2.24) is 15.0 Å². The second-order valence-electron chi connectivity index (χ2n) is 6.71. The molecule has 0 radical (unpaired) electrons. The zero-order valence-electron chi connectivity index (χ0n) is 14.2. The van der Waals surface area contributed by atoms with Gasteiger partial charge in [0.05, 0.1) is 16.6 Å². The van der Waals surface area contributed by atoms with Gasteiger partial charge in [0.1, 0.15) is 0 Å². The van der Waals surface area contributed by atoms with Crippen LogP contribution >= 0.6 is 11.3 Å². The van der Waals surface area contributed by atoms with Crippen molar-refractivity contribution in [3.05, 3.63) is 45.4 Å². The number of rotatable bonds is 3. The van der Waals surface area contributed by atoms with Gasteiger partial charge in [-0.25, -0.2) is 4.98 Å². The minimum atomic E-state index is -4.46. The first-order valence-corrected chi connectivity index (χ1v) is 9.38. The average Bonchev–Trinajstić information content (AvgIpc) is 3.23. The maximum Gasteiger partial charge on any atom is 0.417 e. The number of halogens is 3. The number of fused-ring (bicyclic) bond motifs is 1. The third-order valence-corrected chi connectivity index (χ3v) is 5.62. The van der Waals surface area contributed by atoms with Crippen molar-refractivity contribution in [3.63, 3.8) is 0 Å².